The van der Waals surface area contributed by atoms with Crippen molar-refractivity contribution in [3.05, 3.63) is 27.7 Å². The number of aliphatic hydroxyl groups is 1. The maximum absolute atomic E-state index is 10.4. The van der Waals surface area contributed by atoms with Crippen LogP contribution >= 0.6 is 15.9 Å². The van der Waals surface area contributed by atoms with E-state index in [1.165, 1.54) is 44.1 Å². The number of hydrogen-bond donors (Lipinski definition) is 1. The number of hydrogen-bond acceptors (Lipinski definition) is 2. The molecular formula is C18H25BrO2. The van der Waals surface area contributed by atoms with E-state index >= 15 is 0 Å². The zero-order valence-electron chi connectivity index (χ0n) is 12.6. The average Bonchev–Trinajstić information content (AvgIpc) is 2.94. The van der Waals surface area contributed by atoms with Crippen LogP contribution in [-0.2, 0) is 12.8 Å². The Kier molecular flexibility index (Phi) is 5.23. The smallest absolute Gasteiger partial charge is 0.125 e. The number of ether oxygens (including phenoxy) is 1. The Hall–Kier alpha value is -0.540. The summed E-state index contributed by atoms with van der Waals surface area (Å²) in [5.41, 5.74) is 2.44. The van der Waals surface area contributed by atoms with Crippen molar-refractivity contribution in [3.63, 3.8) is 0 Å². The molecule has 3 rings (SSSR count). The number of benzene rings is 1. The van der Waals surface area contributed by atoms with E-state index in [1.54, 1.807) is 0 Å². The minimum absolute atomic E-state index is 0.241. The third-order valence-corrected chi connectivity index (χ3v) is 5.37. The van der Waals surface area contributed by atoms with Crippen LogP contribution in [0.4, 0.5) is 0 Å². The highest BCUT2D eigenvalue weighted by Crippen LogP contribution is 2.34. The predicted octanol–water partition coefficient (Wildman–Crippen LogP) is 4.65. The van der Waals surface area contributed by atoms with Gasteiger partial charge in [-0.15, -0.1) is 0 Å². The molecule has 1 atom stereocenters. The third kappa shape index (κ3) is 4.01. The van der Waals surface area contributed by atoms with Crippen LogP contribution in [0.5, 0.6) is 5.75 Å². The molecule has 0 spiro atoms. The molecule has 0 saturated heterocycles. The zero-order chi connectivity index (χ0) is 14.7. The van der Waals surface area contributed by atoms with Crippen molar-refractivity contribution in [2.24, 2.45) is 5.92 Å². The first-order chi connectivity index (χ1) is 10.2. The molecule has 2 nitrogen and oxygen atoms in total. The Bertz CT molecular complexity index is 480. The van der Waals surface area contributed by atoms with Gasteiger partial charge >= 0.3 is 0 Å². The van der Waals surface area contributed by atoms with Gasteiger partial charge in [0.05, 0.1) is 12.7 Å². The maximum Gasteiger partial charge on any atom is 0.125 e. The average molecular weight is 353 g/mol. The standard InChI is InChI=1S/C18H25BrO2/c19-16-10-14-8-9-21-18(14)15(11-16)12-17(20)7-6-13-4-2-1-3-5-13/h10-11,13,17,20H,1-9,12H2. The predicted molar refractivity (Wildman–Crippen MR) is 88.9 cm³/mol. The minimum Gasteiger partial charge on any atom is -0.493 e. The number of fused-ring (bicyclic) bond motifs is 1. The van der Waals surface area contributed by atoms with E-state index in [0.29, 0.717) is 6.42 Å². The maximum atomic E-state index is 10.4. The fourth-order valence-electron chi connectivity index (χ4n) is 3.76. The van der Waals surface area contributed by atoms with Crippen LogP contribution in [-0.4, -0.2) is 17.8 Å². The van der Waals surface area contributed by atoms with Gasteiger partial charge in [-0.2, -0.15) is 0 Å². The summed E-state index contributed by atoms with van der Waals surface area (Å²) in [5.74, 6) is 1.87. The molecule has 0 radical (unpaired) electrons. The largest absolute Gasteiger partial charge is 0.493 e. The molecule has 0 aromatic heterocycles. The summed E-state index contributed by atoms with van der Waals surface area (Å²) >= 11 is 3.57. The molecule has 116 valence electrons. The Morgan fingerprint density at radius 1 is 1.24 bits per heavy atom. The van der Waals surface area contributed by atoms with Gasteiger partial charge < -0.3 is 9.84 Å². The summed E-state index contributed by atoms with van der Waals surface area (Å²) in [6, 6.07) is 4.24. The summed E-state index contributed by atoms with van der Waals surface area (Å²) in [7, 11) is 0. The van der Waals surface area contributed by atoms with E-state index in [0.717, 1.165) is 41.2 Å². The number of aliphatic hydroxyl groups excluding tert-OH is 1. The van der Waals surface area contributed by atoms with Crippen molar-refractivity contribution < 1.29 is 9.84 Å². The fraction of sp³-hybridized carbons (Fsp3) is 0.667. The third-order valence-electron chi connectivity index (χ3n) is 4.91. The van der Waals surface area contributed by atoms with Crippen molar-refractivity contribution in [2.45, 2.75) is 63.9 Å². The lowest BCUT2D eigenvalue weighted by Crippen LogP contribution is -2.15. The first-order valence-corrected chi connectivity index (χ1v) is 9.14. The van der Waals surface area contributed by atoms with Crippen molar-refractivity contribution >= 4 is 15.9 Å². The minimum atomic E-state index is -0.241. The van der Waals surface area contributed by atoms with Crippen LogP contribution in [0.15, 0.2) is 16.6 Å². The Morgan fingerprint density at radius 2 is 2.05 bits per heavy atom. The molecule has 1 saturated carbocycles. The Morgan fingerprint density at radius 3 is 2.86 bits per heavy atom. The fourth-order valence-corrected chi connectivity index (χ4v) is 4.31. The van der Waals surface area contributed by atoms with Gasteiger partial charge in [0.25, 0.3) is 0 Å². The first kappa shape index (κ1) is 15.4. The molecule has 1 heterocycles. The number of rotatable bonds is 5. The molecule has 1 aromatic carbocycles. The van der Waals surface area contributed by atoms with Crippen LogP contribution in [0.25, 0.3) is 0 Å². The normalized spacial score (nSPS) is 20.1. The second-order valence-corrected chi connectivity index (χ2v) is 7.51. The van der Waals surface area contributed by atoms with Crippen LogP contribution in [0.1, 0.15) is 56.1 Å². The molecular weight excluding hydrogens is 328 g/mol. The zero-order valence-corrected chi connectivity index (χ0v) is 14.2. The van der Waals surface area contributed by atoms with E-state index in [1.807, 2.05) is 0 Å². The lowest BCUT2D eigenvalue weighted by atomic mass is 9.85. The van der Waals surface area contributed by atoms with Gasteiger partial charge in [-0.3, -0.25) is 0 Å². The van der Waals surface area contributed by atoms with E-state index in [9.17, 15) is 5.11 Å². The van der Waals surface area contributed by atoms with Gasteiger partial charge in [0.1, 0.15) is 5.75 Å². The van der Waals surface area contributed by atoms with Gasteiger partial charge in [0.2, 0.25) is 0 Å². The lowest BCUT2D eigenvalue weighted by molar-refractivity contribution is 0.148. The van der Waals surface area contributed by atoms with Crippen molar-refractivity contribution in [1.82, 2.24) is 0 Å². The van der Waals surface area contributed by atoms with Crippen molar-refractivity contribution in [3.8, 4) is 5.75 Å². The molecule has 0 amide bonds. The van der Waals surface area contributed by atoms with Crippen molar-refractivity contribution in [1.29, 1.82) is 0 Å². The highest BCUT2D eigenvalue weighted by molar-refractivity contribution is 9.10. The Balaban J connectivity index is 1.56. The molecule has 1 aromatic rings. The second-order valence-electron chi connectivity index (χ2n) is 6.59. The quantitative estimate of drug-likeness (QED) is 0.835. The highest BCUT2D eigenvalue weighted by Gasteiger charge is 2.20. The first-order valence-electron chi connectivity index (χ1n) is 8.34. The summed E-state index contributed by atoms with van der Waals surface area (Å²) in [5, 5.41) is 10.4. The van der Waals surface area contributed by atoms with Crippen LogP contribution in [0.2, 0.25) is 0 Å². The summed E-state index contributed by atoms with van der Waals surface area (Å²) < 4.78 is 6.85. The van der Waals surface area contributed by atoms with Crippen LogP contribution in [0, 0.1) is 5.92 Å². The van der Waals surface area contributed by atoms with Crippen molar-refractivity contribution in [2.75, 3.05) is 6.61 Å². The molecule has 1 fully saturated rings. The van der Waals surface area contributed by atoms with E-state index in [2.05, 4.69) is 28.1 Å². The lowest BCUT2D eigenvalue weighted by Gasteiger charge is -2.22. The van der Waals surface area contributed by atoms with Gasteiger partial charge in [0.15, 0.2) is 0 Å². The van der Waals surface area contributed by atoms with Crippen LogP contribution in [0.3, 0.4) is 0 Å². The van der Waals surface area contributed by atoms with Gasteiger partial charge in [-0.05, 0) is 42.0 Å². The molecule has 1 N–H and O–H groups in total. The van der Waals surface area contributed by atoms with E-state index < -0.39 is 0 Å². The Labute approximate surface area is 136 Å². The van der Waals surface area contributed by atoms with Gasteiger partial charge in [0, 0.05) is 17.3 Å². The molecule has 1 unspecified atom stereocenters. The second kappa shape index (κ2) is 7.15. The highest BCUT2D eigenvalue weighted by atomic mass is 79.9. The molecule has 1 aliphatic carbocycles. The summed E-state index contributed by atoms with van der Waals surface area (Å²) in [6.45, 7) is 0.775. The monoisotopic (exact) mass is 352 g/mol. The van der Waals surface area contributed by atoms with E-state index in [-0.39, 0.29) is 6.10 Å². The number of halogens is 1. The summed E-state index contributed by atoms with van der Waals surface area (Å²) in [4.78, 5) is 0. The topological polar surface area (TPSA) is 29.5 Å². The molecule has 3 heteroatoms. The van der Waals surface area contributed by atoms with Gasteiger partial charge in [-0.25, -0.2) is 0 Å². The summed E-state index contributed by atoms with van der Waals surface area (Å²) in [6.07, 6.45) is 10.5. The SMILES string of the molecule is OC(CCC1CCCCC1)Cc1cc(Br)cc2c1OCC2. The molecule has 21 heavy (non-hydrogen) atoms. The van der Waals surface area contributed by atoms with E-state index in [4.69, 9.17) is 4.74 Å². The molecule has 0 bridgehead atoms. The van der Waals surface area contributed by atoms with Crippen LogP contribution < -0.4 is 4.74 Å². The van der Waals surface area contributed by atoms with Gasteiger partial charge in [-0.1, -0.05) is 48.0 Å². The molecule has 2 aliphatic rings. The molecule has 1 aliphatic heterocycles.